The largest absolute Gasteiger partial charge is 0.416 e. The number of alkyl halides is 3. The molecule has 0 aliphatic rings. The summed E-state index contributed by atoms with van der Waals surface area (Å²) >= 11 is 0. The average molecular weight is 275 g/mol. The molecule has 2 N–H and O–H groups in total. The maximum absolute atomic E-state index is 12.8. The van der Waals surface area contributed by atoms with Crippen LogP contribution in [0.3, 0.4) is 0 Å². The van der Waals surface area contributed by atoms with Gasteiger partial charge < -0.3 is 10.6 Å². The Balaban J connectivity index is 3.20. The van der Waals surface area contributed by atoms with E-state index >= 15 is 0 Å². The van der Waals surface area contributed by atoms with Crippen molar-refractivity contribution in [2.75, 3.05) is 17.2 Å². The van der Waals surface area contributed by atoms with Crippen LogP contribution in [0.1, 0.15) is 33.3 Å². The fraction of sp³-hybridized carbons (Fsp3) is 0.615. The molecule has 1 heterocycles. The lowest BCUT2D eigenvalue weighted by Gasteiger charge is -2.30. The Hall–Kier alpha value is -1.46. The summed E-state index contributed by atoms with van der Waals surface area (Å²) in [5, 5.41) is 0. The van der Waals surface area contributed by atoms with Crippen LogP contribution in [0.25, 0.3) is 0 Å². The minimum absolute atomic E-state index is 0.0535. The molecule has 108 valence electrons. The van der Waals surface area contributed by atoms with Crippen molar-refractivity contribution in [1.29, 1.82) is 0 Å². The van der Waals surface area contributed by atoms with Gasteiger partial charge >= 0.3 is 6.18 Å². The zero-order valence-electron chi connectivity index (χ0n) is 11.6. The van der Waals surface area contributed by atoms with Crippen molar-refractivity contribution in [3.8, 4) is 0 Å². The monoisotopic (exact) mass is 275 g/mol. The van der Waals surface area contributed by atoms with E-state index in [1.54, 1.807) is 0 Å². The van der Waals surface area contributed by atoms with Crippen molar-refractivity contribution in [3.05, 3.63) is 17.7 Å². The van der Waals surface area contributed by atoms with Gasteiger partial charge in [0, 0.05) is 12.6 Å². The Labute approximate surface area is 111 Å². The minimum Gasteiger partial charge on any atom is -0.384 e. The van der Waals surface area contributed by atoms with Gasteiger partial charge in [-0.1, -0.05) is 13.8 Å². The van der Waals surface area contributed by atoms with Crippen LogP contribution < -0.4 is 10.6 Å². The van der Waals surface area contributed by atoms with Crippen molar-refractivity contribution < 1.29 is 13.2 Å². The molecule has 0 atom stereocenters. The zero-order chi connectivity index (χ0) is 14.8. The summed E-state index contributed by atoms with van der Waals surface area (Å²) in [5.41, 5.74) is 4.73. The van der Waals surface area contributed by atoms with Crippen molar-refractivity contribution >= 4 is 11.6 Å². The van der Waals surface area contributed by atoms with E-state index in [9.17, 15) is 13.2 Å². The maximum atomic E-state index is 12.8. The fourth-order valence-electron chi connectivity index (χ4n) is 1.81. The van der Waals surface area contributed by atoms with Gasteiger partial charge in [-0.2, -0.15) is 13.2 Å². The molecule has 0 spiro atoms. The van der Waals surface area contributed by atoms with E-state index in [-0.39, 0.29) is 17.7 Å². The van der Waals surface area contributed by atoms with Gasteiger partial charge in [-0.25, -0.2) is 4.98 Å². The fourth-order valence-corrected chi connectivity index (χ4v) is 1.81. The first-order valence-electron chi connectivity index (χ1n) is 6.22. The highest BCUT2D eigenvalue weighted by atomic mass is 19.4. The Morgan fingerprint density at radius 2 is 1.79 bits per heavy atom. The maximum Gasteiger partial charge on any atom is 0.416 e. The van der Waals surface area contributed by atoms with Gasteiger partial charge in [0.2, 0.25) is 0 Å². The molecule has 1 rings (SSSR count). The molecule has 0 aromatic carbocycles. The molecular weight excluding hydrogens is 255 g/mol. The Morgan fingerprint density at radius 3 is 2.21 bits per heavy atom. The Kier molecular flexibility index (Phi) is 4.66. The second kappa shape index (κ2) is 5.67. The van der Waals surface area contributed by atoms with Crippen LogP contribution in [0.15, 0.2) is 12.1 Å². The highest BCUT2D eigenvalue weighted by molar-refractivity contribution is 5.49. The number of anilines is 2. The second-order valence-corrected chi connectivity index (χ2v) is 5.28. The number of pyridine rings is 1. The van der Waals surface area contributed by atoms with Crippen LogP contribution in [0.4, 0.5) is 24.8 Å². The van der Waals surface area contributed by atoms with Gasteiger partial charge in [0.05, 0.1) is 5.56 Å². The minimum atomic E-state index is -4.41. The van der Waals surface area contributed by atoms with E-state index in [1.165, 1.54) is 0 Å². The molecule has 1 aromatic heterocycles. The quantitative estimate of drug-likeness (QED) is 0.913. The first-order chi connectivity index (χ1) is 8.61. The second-order valence-electron chi connectivity index (χ2n) is 5.28. The predicted octanol–water partition coefficient (Wildman–Crippen LogP) is 3.55. The Bertz CT molecular complexity index is 428. The summed E-state index contributed by atoms with van der Waals surface area (Å²) in [6.45, 7) is 8.48. The molecule has 0 aliphatic heterocycles. The van der Waals surface area contributed by atoms with Crippen LogP contribution in [-0.4, -0.2) is 17.6 Å². The van der Waals surface area contributed by atoms with Gasteiger partial charge in [-0.05, 0) is 31.9 Å². The number of halogens is 3. The molecule has 0 bridgehead atoms. The SMILES string of the molecule is CC(C)CN(c1cc(C(F)(F)F)cc(N)n1)C(C)C. The third-order valence-electron chi connectivity index (χ3n) is 2.64. The number of nitrogens with zero attached hydrogens (tertiary/aromatic N) is 2. The van der Waals surface area contributed by atoms with Gasteiger partial charge in [0.15, 0.2) is 0 Å². The molecule has 3 nitrogen and oxygen atoms in total. The number of aromatic nitrogens is 1. The van der Waals surface area contributed by atoms with Gasteiger partial charge in [0.1, 0.15) is 11.6 Å². The number of rotatable bonds is 4. The van der Waals surface area contributed by atoms with E-state index in [0.29, 0.717) is 12.5 Å². The lowest BCUT2D eigenvalue weighted by atomic mass is 10.1. The highest BCUT2D eigenvalue weighted by Gasteiger charge is 2.32. The van der Waals surface area contributed by atoms with E-state index in [1.807, 2.05) is 32.6 Å². The summed E-state index contributed by atoms with van der Waals surface area (Å²) in [4.78, 5) is 5.86. The zero-order valence-corrected chi connectivity index (χ0v) is 11.6. The van der Waals surface area contributed by atoms with Crippen LogP contribution in [-0.2, 0) is 6.18 Å². The third-order valence-corrected chi connectivity index (χ3v) is 2.64. The number of nitrogens with two attached hydrogens (primary N) is 1. The number of nitrogen functional groups attached to an aromatic ring is 1. The highest BCUT2D eigenvalue weighted by Crippen LogP contribution is 2.32. The van der Waals surface area contributed by atoms with Crippen molar-refractivity contribution in [2.45, 2.75) is 39.9 Å². The van der Waals surface area contributed by atoms with Crippen molar-refractivity contribution in [1.82, 2.24) is 4.98 Å². The van der Waals surface area contributed by atoms with Crippen molar-refractivity contribution in [3.63, 3.8) is 0 Å². The van der Waals surface area contributed by atoms with Crippen LogP contribution in [0, 0.1) is 5.92 Å². The number of hydrogen-bond donors (Lipinski definition) is 1. The lowest BCUT2D eigenvalue weighted by molar-refractivity contribution is -0.137. The lowest BCUT2D eigenvalue weighted by Crippen LogP contribution is -2.35. The van der Waals surface area contributed by atoms with Gasteiger partial charge in [0.25, 0.3) is 0 Å². The number of hydrogen-bond acceptors (Lipinski definition) is 3. The predicted molar refractivity (Wildman–Crippen MR) is 71.0 cm³/mol. The van der Waals surface area contributed by atoms with E-state index in [4.69, 9.17) is 5.73 Å². The molecule has 19 heavy (non-hydrogen) atoms. The van der Waals surface area contributed by atoms with E-state index in [2.05, 4.69) is 4.98 Å². The first kappa shape index (κ1) is 15.6. The van der Waals surface area contributed by atoms with Gasteiger partial charge in [-0.15, -0.1) is 0 Å². The van der Waals surface area contributed by atoms with E-state index < -0.39 is 11.7 Å². The van der Waals surface area contributed by atoms with Crippen LogP contribution >= 0.6 is 0 Å². The molecule has 0 radical (unpaired) electrons. The third kappa shape index (κ3) is 4.29. The Morgan fingerprint density at radius 1 is 1.21 bits per heavy atom. The smallest absolute Gasteiger partial charge is 0.384 e. The molecule has 0 aliphatic carbocycles. The standard InChI is InChI=1S/C13H20F3N3/c1-8(2)7-19(9(3)4)12-6-10(13(14,15)16)5-11(17)18-12/h5-6,8-9H,7H2,1-4H3,(H2,17,18). The molecule has 6 heteroatoms. The molecule has 0 saturated heterocycles. The van der Waals surface area contributed by atoms with Gasteiger partial charge in [-0.3, -0.25) is 0 Å². The summed E-state index contributed by atoms with van der Waals surface area (Å²) in [6, 6.07) is 1.97. The molecule has 1 aromatic rings. The molecule has 0 unspecified atom stereocenters. The summed E-state index contributed by atoms with van der Waals surface area (Å²) in [7, 11) is 0. The first-order valence-corrected chi connectivity index (χ1v) is 6.22. The van der Waals surface area contributed by atoms with Crippen LogP contribution in [0.2, 0.25) is 0 Å². The average Bonchev–Trinajstić information content (AvgIpc) is 2.23. The molecule has 0 saturated carbocycles. The van der Waals surface area contributed by atoms with E-state index in [0.717, 1.165) is 12.1 Å². The van der Waals surface area contributed by atoms with Crippen molar-refractivity contribution in [2.24, 2.45) is 5.92 Å². The van der Waals surface area contributed by atoms with Crippen LogP contribution in [0.5, 0.6) is 0 Å². The molecule has 0 fully saturated rings. The normalized spacial score (nSPS) is 12.3. The summed E-state index contributed by atoms with van der Waals surface area (Å²) < 4.78 is 38.3. The molecular formula is C13H20F3N3. The topological polar surface area (TPSA) is 42.1 Å². The molecule has 0 amide bonds. The summed E-state index contributed by atoms with van der Waals surface area (Å²) in [5.74, 6) is 0.482. The summed E-state index contributed by atoms with van der Waals surface area (Å²) in [6.07, 6.45) is -4.41.